The molecule has 112 valence electrons. The Labute approximate surface area is 119 Å². The number of aromatic nitrogens is 3. The molecular weight excluding hydrogens is 260 g/mol. The van der Waals surface area contributed by atoms with Crippen LogP contribution >= 0.6 is 0 Å². The van der Waals surface area contributed by atoms with Gasteiger partial charge in [0.2, 0.25) is 11.9 Å². The molecule has 0 atom stereocenters. The lowest BCUT2D eigenvalue weighted by molar-refractivity contribution is -0.142. The number of ether oxygens (including phenoxy) is 1. The number of carbonyl (C=O) groups is 1. The average Bonchev–Trinajstić information content (AvgIpc) is 2.38. The smallest absolute Gasteiger partial charge is 0.319 e. The predicted molar refractivity (Wildman–Crippen MR) is 76.2 cm³/mol. The van der Waals surface area contributed by atoms with Gasteiger partial charge in [-0.15, -0.1) is 0 Å². The number of hydrogen-bond acceptors (Lipinski definition) is 8. The summed E-state index contributed by atoms with van der Waals surface area (Å²) in [6, 6.07) is 0. The summed E-state index contributed by atoms with van der Waals surface area (Å²) in [6.45, 7) is 3.42. The number of anilines is 2. The second kappa shape index (κ2) is 7.59. The minimum Gasteiger partial charge on any atom is -0.468 e. The monoisotopic (exact) mass is 282 g/mol. The van der Waals surface area contributed by atoms with Crippen LogP contribution in [0.25, 0.3) is 0 Å². The van der Waals surface area contributed by atoms with Crippen molar-refractivity contribution in [2.45, 2.75) is 19.9 Å². The molecule has 0 fully saturated rings. The highest BCUT2D eigenvalue weighted by Crippen LogP contribution is 2.08. The first-order valence-corrected chi connectivity index (χ1v) is 6.43. The van der Waals surface area contributed by atoms with E-state index in [1.807, 2.05) is 25.9 Å². The zero-order chi connectivity index (χ0) is 15.1. The summed E-state index contributed by atoms with van der Waals surface area (Å²) in [5.41, 5.74) is 5.68. The molecule has 1 aromatic rings. The van der Waals surface area contributed by atoms with Crippen molar-refractivity contribution in [1.29, 1.82) is 0 Å². The first-order valence-electron chi connectivity index (χ1n) is 6.43. The first kappa shape index (κ1) is 16.1. The Kier molecular flexibility index (Phi) is 6.10. The molecule has 2 N–H and O–H groups in total. The number of nitrogens with zero attached hydrogens (tertiary/aromatic N) is 5. The molecule has 0 aliphatic carbocycles. The maximum atomic E-state index is 11.4. The van der Waals surface area contributed by atoms with E-state index in [0.29, 0.717) is 18.3 Å². The number of nitrogen functional groups attached to an aromatic ring is 1. The van der Waals surface area contributed by atoms with Gasteiger partial charge in [-0.2, -0.15) is 15.0 Å². The molecule has 0 aliphatic heterocycles. The van der Waals surface area contributed by atoms with Gasteiger partial charge in [0.15, 0.2) is 0 Å². The molecular formula is C12H22N6O2. The minimum atomic E-state index is -0.284. The van der Waals surface area contributed by atoms with Crippen LogP contribution in [0.5, 0.6) is 0 Å². The summed E-state index contributed by atoms with van der Waals surface area (Å²) in [5, 5.41) is 0. The van der Waals surface area contributed by atoms with Crippen molar-refractivity contribution in [3.05, 3.63) is 5.82 Å². The first-order chi connectivity index (χ1) is 9.46. The van der Waals surface area contributed by atoms with E-state index < -0.39 is 0 Å². The molecule has 0 saturated carbocycles. The molecule has 8 nitrogen and oxygen atoms in total. The van der Waals surface area contributed by atoms with Crippen LogP contribution in [-0.4, -0.2) is 60.1 Å². The third-order valence-corrected chi connectivity index (χ3v) is 2.57. The maximum absolute atomic E-state index is 11.4. The van der Waals surface area contributed by atoms with Crippen molar-refractivity contribution in [2.75, 3.05) is 44.9 Å². The second-order valence-corrected chi connectivity index (χ2v) is 4.59. The molecule has 0 spiro atoms. The maximum Gasteiger partial charge on any atom is 0.319 e. The van der Waals surface area contributed by atoms with Gasteiger partial charge in [-0.05, 0) is 13.0 Å². The van der Waals surface area contributed by atoms with Crippen LogP contribution in [0, 0.1) is 0 Å². The van der Waals surface area contributed by atoms with Crippen LogP contribution in [0.15, 0.2) is 0 Å². The molecule has 1 rings (SSSR count). The number of esters is 1. The Balaban J connectivity index is 2.84. The number of methoxy groups -OCH3 is 1. The van der Waals surface area contributed by atoms with Gasteiger partial charge >= 0.3 is 5.97 Å². The summed E-state index contributed by atoms with van der Waals surface area (Å²) < 4.78 is 4.68. The summed E-state index contributed by atoms with van der Waals surface area (Å²) in [6.07, 6.45) is 0.915. The van der Waals surface area contributed by atoms with Crippen molar-refractivity contribution < 1.29 is 9.53 Å². The van der Waals surface area contributed by atoms with Crippen LogP contribution in [0.3, 0.4) is 0 Å². The van der Waals surface area contributed by atoms with E-state index >= 15 is 0 Å². The van der Waals surface area contributed by atoms with Crippen molar-refractivity contribution in [2.24, 2.45) is 0 Å². The lowest BCUT2D eigenvalue weighted by Gasteiger charge is -2.20. The number of rotatable bonds is 7. The van der Waals surface area contributed by atoms with E-state index in [1.165, 1.54) is 7.11 Å². The van der Waals surface area contributed by atoms with Crippen molar-refractivity contribution >= 4 is 17.9 Å². The molecule has 0 bridgehead atoms. The molecule has 0 amide bonds. The molecule has 0 unspecified atom stereocenters. The summed E-state index contributed by atoms with van der Waals surface area (Å²) in [4.78, 5) is 27.5. The molecule has 1 heterocycles. The van der Waals surface area contributed by atoms with Gasteiger partial charge in [-0.25, -0.2) is 0 Å². The fourth-order valence-electron chi connectivity index (χ4n) is 1.67. The summed E-state index contributed by atoms with van der Waals surface area (Å²) >= 11 is 0. The standard InChI is InChI=1S/C12H22N6O2/c1-5-6-18(8-10(19)20-4)7-9-14-11(13)16-12(15-9)17(2)3/h5-8H2,1-4H3,(H2,13,14,15,16). The number of carbonyl (C=O) groups excluding carboxylic acids is 1. The van der Waals surface area contributed by atoms with E-state index in [1.54, 1.807) is 4.90 Å². The number of nitrogens with two attached hydrogens (primary N) is 1. The summed E-state index contributed by atoms with van der Waals surface area (Å²) in [7, 11) is 5.03. The van der Waals surface area contributed by atoms with Gasteiger partial charge < -0.3 is 15.4 Å². The van der Waals surface area contributed by atoms with E-state index in [0.717, 1.165) is 13.0 Å². The van der Waals surface area contributed by atoms with Gasteiger partial charge in [0.05, 0.1) is 20.2 Å². The highest BCUT2D eigenvalue weighted by atomic mass is 16.5. The molecule has 1 aromatic heterocycles. The van der Waals surface area contributed by atoms with Gasteiger partial charge in [0, 0.05) is 14.1 Å². The van der Waals surface area contributed by atoms with Crippen molar-refractivity contribution in [1.82, 2.24) is 19.9 Å². The molecule has 0 saturated heterocycles. The Hall–Kier alpha value is -1.96. The zero-order valence-corrected chi connectivity index (χ0v) is 12.5. The third-order valence-electron chi connectivity index (χ3n) is 2.57. The van der Waals surface area contributed by atoms with Crippen LogP contribution in [0.2, 0.25) is 0 Å². The topological polar surface area (TPSA) is 97.5 Å². The molecule has 0 aliphatic rings. The minimum absolute atomic E-state index is 0.174. The van der Waals surface area contributed by atoms with E-state index in [-0.39, 0.29) is 18.5 Å². The predicted octanol–water partition coefficient (Wildman–Crippen LogP) is -0.0952. The lowest BCUT2D eigenvalue weighted by atomic mass is 10.4. The molecule has 8 heteroatoms. The van der Waals surface area contributed by atoms with Crippen LogP contribution in [0.1, 0.15) is 19.2 Å². The Morgan fingerprint density at radius 1 is 1.30 bits per heavy atom. The van der Waals surface area contributed by atoms with E-state index in [2.05, 4.69) is 19.7 Å². The third kappa shape index (κ3) is 4.96. The van der Waals surface area contributed by atoms with E-state index in [9.17, 15) is 4.79 Å². The van der Waals surface area contributed by atoms with Gasteiger partial charge in [0.25, 0.3) is 0 Å². The Morgan fingerprint density at radius 3 is 2.55 bits per heavy atom. The van der Waals surface area contributed by atoms with Crippen LogP contribution < -0.4 is 10.6 Å². The van der Waals surface area contributed by atoms with Gasteiger partial charge in [0.1, 0.15) is 5.82 Å². The fourth-order valence-corrected chi connectivity index (χ4v) is 1.67. The molecule has 0 radical (unpaired) electrons. The summed E-state index contributed by atoms with van der Waals surface area (Å²) in [5.74, 6) is 0.932. The van der Waals surface area contributed by atoms with Gasteiger partial charge in [-0.3, -0.25) is 9.69 Å². The van der Waals surface area contributed by atoms with Gasteiger partial charge in [-0.1, -0.05) is 6.92 Å². The SMILES string of the molecule is CCCN(CC(=O)OC)Cc1nc(N)nc(N(C)C)n1. The number of hydrogen-bond donors (Lipinski definition) is 1. The van der Waals surface area contributed by atoms with Crippen LogP contribution in [0.4, 0.5) is 11.9 Å². The Morgan fingerprint density at radius 2 is 2.00 bits per heavy atom. The zero-order valence-electron chi connectivity index (χ0n) is 12.5. The lowest BCUT2D eigenvalue weighted by Crippen LogP contribution is -2.32. The second-order valence-electron chi connectivity index (χ2n) is 4.59. The highest BCUT2D eigenvalue weighted by Gasteiger charge is 2.14. The largest absolute Gasteiger partial charge is 0.468 e. The van der Waals surface area contributed by atoms with Crippen LogP contribution in [-0.2, 0) is 16.1 Å². The normalized spacial score (nSPS) is 10.7. The van der Waals surface area contributed by atoms with E-state index in [4.69, 9.17) is 5.73 Å². The fraction of sp³-hybridized carbons (Fsp3) is 0.667. The average molecular weight is 282 g/mol. The quantitative estimate of drug-likeness (QED) is 0.693. The van der Waals surface area contributed by atoms with Crippen molar-refractivity contribution in [3.8, 4) is 0 Å². The Bertz CT molecular complexity index is 452. The molecule has 0 aromatic carbocycles. The van der Waals surface area contributed by atoms with Crippen molar-refractivity contribution in [3.63, 3.8) is 0 Å². The molecule has 20 heavy (non-hydrogen) atoms. The highest BCUT2D eigenvalue weighted by molar-refractivity contribution is 5.71.